The summed E-state index contributed by atoms with van der Waals surface area (Å²) in [5.41, 5.74) is 6.33. The first-order valence-corrected chi connectivity index (χ1v) is 8.07. The number of rotatable bonds is 7. The Bertz CT molecular complexity index is 565. The molecule has 1 aliphatic carbocycles. The van der Waals surface area contributed by atoms with Gasteiger partial charge in [-0.15, -0.1) is 0 Å². The van der Waals surface area contributed by atoms with Gasteiger partial charge in [0.2, 0.25) is 15.9 Å². The summed E-state index contributed by atoms with van der Waals surface area (Å²) in [4.78, 5) is 11.6. The van der Waals surface area contributed by atoms with E-state index in [4.69, 9.17) is 5.73 Å². The van der Waals surface area contributed by atoms with Gasteiger partial charge >= 0.3 is 0 Å². The Morgan fingerprint density at radius 1 is 1.25 bits per heavy atom. The van der Waals surface area contributed by atoms with E-state index in [9.17, 15) is 13.2 Å². The molecule has 0 unspecified atom stereocenters. The van der Waals surface area contributed by atoms with Crippen LogP contribution in [0.15, 0.2) is 29.2 Å². The monoisotopic (exact) mass is 297 g/mol. The third-order valence-corrected chi connectivity index (χ3v) is 4.53. The van der Waals surface area contributed by atoms with Crippen molar-refractivity contribution in [2.24, 2.45) is 5.73 Å². The van der Waals surface area contributed by atoms with Crippen LogP contribution in [0.25, 0.3) is 0 Å². The molecule has 0 saturated heterocycles. The molecule has 1 aromatic rings. The Morgan fingerprint density at radius 2 is 1.90 bits per heavy atom. The first-order valence-electron chi connectivity index (χ1n) is 6.59. The Labute approximate surface area is 118 Å². The van der Waals surface area contributed by atoms with E-state index in [-0.39, 0.29) is 23.8 Å². The zero-order valence-corrected chi connectivity index (χ0v) is 11.9. The van der Waals surface area contributed by atoms with Crippen molar-refractivity contribution in [3.8, 4) is 0 Å². The van der Waals surface area contributed by atoms with Gasteiger partial charge in [-0.1, -0.05) is 12.1 Å². The van der Waals surface area contributed by atoms with Crippen LogP contribution in [0, 0.1) is 0 Å². The smallest absolute Gasteiger partial charge is 0.240 e. The minimum absolute atomic E-state index is 0.0968. The fraction of sp³-hybridized carbons (Fsp3) is 0.462. The van der Waals surface area contributed by atoms with Gasteiger partial charge in [-0.25, -0.2) is 13.1 Å². The summed E-state index contributed by atoms with van der Waals surface area (Å²) in [6.07, 6.45) is 2.19. The van der Waals surface area contributed by atoms with Gasteiger partial charge in [0.1, 0.15) is 0 Å². The molecule has 0 spiro atoms. The molecular formula is C13H19N3O3S. The standard InChI is InChI=1S/C13H19N3O3S/c14-9-10-1-5-12(6-2-10)20(18,19)15-8-7-13(17)16-11-3-4-11/h1-2,5-6,11,15H,3-4,7-9,14H2,(H,16,17). The highest BCUT2D eigenvalue weighted by Crippen LogP contribution is 2.18. The van der Waals surface area contributed by atoms with E-state index in [1.165, 1.54) is 12.1 Å². The number of sulfonamides is 1. The predicted molar refractivity (Wildman–Crippen MR) is 75.3 cm³/mol. The summed E-state index contributed by atoms with van der Waals surface area (Å²) < 4.78 is 26.4. The average Bonchev–Trinajstić information content (AvgIpc) is 3.22. The first kappa shape index (κ1) is 15.0. The van der Waals surface area contributed by atoms with Crippen molar-refractivity contribution < 1.29 is 13.2 Å². The third kappa shape index (κ3) is 4.29. The van der Waals surface area contributed by atoms with Gasteiger partial charge in [-0.05, 0) is 30.5 Å². The number of benzene rings is 1. The van der Waals surface area contributed by atoms with Gasteiger partial charge in [0.15, 0.2) is 0 Å². The minimum atomic E-state index is -3.56. The minimum Gasteiger partial charge on any atom is -0.353 e. The van der Waals surface area contributed by atoms with Crippen molar-refractivity contribution in [2.75, 3.05) is 6.54 Å². The van der Waals surface area contributed by atoms with Gasteiger partial charge < -0.3 is 11.1 Å². The maximum Gasteiger partial charge on any atom is 0.240 e. The number of carbonyl (C=O) groups excluding carboxylic acids is 1. The molecular weight excluding hydrogens is 278 g/mol. The summed E-state index contributed by atoms with van der Waals surface area (Å²) in [5.74, 6) is -0.117. The average molecular weight is 297 g/mol. The predicted octanol–water partition coefficient (Wildman–Crippen LogP) is 0.0923. The van der Waals surface area contributed by atoms with E-state index in [1.807, 2.05) is 0 Å². The van der Waals surface area contributed by atoms with Crippen molar-refractivity contribution in [1.29, 1.82) is 0 Å². The quantitative estimate of drug-likeness (QED) is 0.664. The molecule has 0 aliphatic heterocycles. The molecule has 110 valence electrons. The van der Waals surface area contributed by atoms with E-state index < -0.39 is 10.0 Å². The largest absolute Gasteiger partial charge is 0.353 e. The van der Waals surface area contributed by atoms with Crippen LogP contribution in [-0.4, -0.2) is 26.9 Å². The van der Waals surface area contributed by atoms with Crippen molar-refractivity contribution in [3.63, 3.8) is 0 Å². The van der Waals surface area contributed by atoms with Gasteiger partial charge in [0.05, 0.1) is 4.90 Å². The first-order chi connectivity index (χ1) is 9.51. The van der Waals surface area contributed by atoms with Crippen LogP contribution in [0.2, 0.25) is 0 Å². The summed E-state index contributed by atoms with van der Waals surface area (Å²) in [6.45, 7) is 0.467. The third-order valence-electron chi connectivity index (χ3n) is 3.06. The summed E-state index contributed by atoms with van der Waals surface area (Å²) in [7, 11) is -3.56. The lowest BCUT2D eigenvalue weighted by Crippen LogP contribution is -2.31. The van der Waals surface area contributed by atoms with Crippen LogP contribution in [0.4, 0.5) is 0 Å². The van der Waals surface area contributed by atoms with Crippen LogP contribution in [0.1, 0.15) is 24.8 Å². The Morgan fingerprint density at radius 3 is 2.45 bits per heavy atom. The van der Waals surface area contributed by atoms with E-state index in [2.05, 4.69) is 10.0 Å². The summed E-state index contributed by atoms with van der Waals surface area (Å²) in [5, 5.41) is 2.81. The molecule has 1 aliphatic rings. The summed E-state index contributed by atoms with van der Waals surface area (Å²) >= 11 is 0. The molecule has 1 saturated carbocycles. The number of nitrogens with two attached hydrogens (primary N) is 1. The Balaban J connectivity index is 1.84. The number of nitrogens with one attached hydrogen (secondary N) is 2. The zero-order chi connectivity index (χ0) is 14.6. The highest BCUT2D eigenvalue weighted by atomic mass is 32.2. The zero-order valence-electron chi connectivity index (χ0n) is 11.1. The normalized spacial score (nSPS) is 15.1. The molecule has 0 atom stereocenters. The molecule has 4 N–H and O–H groups in total. The Kier molecular flexibility index (Phi) is 4.74. The van der Waals surface area contributed by atoms with E-state index in [1.54, 1.807) is 12.1 Å². The van der Waals surface area contributed by atoms with E-state index in [0.29, 0.717) is 12.6 Å². The molecule has 7 heteroatoms. The van der Waals surface area contributed by atoms with Crippen LogP contribution < -0.4 is 15.8 Å². The van der Waals surface area contributed by atoms with Crippen LogP contribution in [-0.2, 0) is 21.4 Å². The molecule has 1 fully saturated rings. The number of carbonyl (C=O) groups is 1. The topological polar surface area (TPSA) is 101 Å². The van der Waals surface area contributed by atoms with Gasteiger partial charge in [-0.3, -0.25) is 4.79 Å². The molecule has 0 heterocycles. The van der Waals surface area contributed by atoms with Crippen LogP contribution >= 0.6 is 0 Å². The number of hydrogen-bond donors (Lipinski definition) is 3. The molecule has 6 nitrogen and oxygen atoms in total. The van der Waals surface area contributed by atoms with Crippen molar-refractivity contribution in [2.45, 2.75) is 36.7 Å². The molecule has 0 radical (unpaired) electrons. The van der Waals surface area contributed by atoms with Crippen molar-refractivity contribution in [1.82, 2.24) is 10.0 Å². The summed E-state index contributed by atoms with van der Waals surface area (Å²) in [6, 6.07) is 6.66. The van der Waals surface area contributed by atoms with E-state index >= 15 is 0 Å². The lowest BCUT2D eigenvalue weighted by atomic mass is 10.2. The second-order valence-corrected chi connectivity index (χ2v) is 6.60. The maximum absolute atomic E-state index is 12.0. The Hall–Kier alpha value is -1.44. The van der Waals surface area contributed by atoms with Crippen molar-refractivity contribution >= 4 is 15.9 Å². The molecule has 1 amide bonds. The second-order valence-electron chi connectivity index (χ2n) is 4.84. The van der Waals surface area contributed by atoms with Gasteiger partial charge in [0.25, 0.3) is 0 Å². The fourth-order valence-corrected chi connectivity index (χ4v) is 2.75. The molecule has 0 bridgehead atoms. The van der Waals surface area contributed by atoms with Crippen molar-refractivity contribution in [3.05, 3.63) is 29.8 Å². The van der Waals surface area contributed by atoms with Gasteiger partial charge in [-0.2, -0.15) is 0 Å². The molecule has 0 aromatic heterocycles. The fourth-order valence-electron chi connectivity index (χ4n) is 1.71. The lowest BCUT2D eigenvalue weighted by Gasteiger charge is -2.07. The lowest BCUT2D eigenvalue weighted by molar-refractivity contribution is -0.121. The van der Waals surface area contributed by atoms with E-state index in [0.717, 1.165) is 18.4 Å². The maximum atomic E-state index is 12.0. The SMILES string of the molecule is NCc1ccc(S(=O)(=O)NCCC(=O)NC2CC2)cc1. The molecule has 1 aromatic carbocycles. The number of amides is 1. The van der Waals surface area contributed by atoms with Crippen LogP contribution in [0.5, 0.6) is 0 Å². The van der Waals surface area contributed by atoms with Gasteiger partial charge in [0, 0.05) is 25.6 Å². The second kappa shape index (κ2) is 6.34. The molecule has 20 heavy (non-hydrogen) atoms. The molecule has 2 rings (SSSR count). The number of hydrogen-bond acceptors (Lipinski definition) is 4. The highest BCUT2D eigenvalue weighted by Gasteiger charge is 2.23. The highest BCUT2D eigenvalue weighted by molar-refractivity contribution is 7.89. The van der Waals surface area contributed by atoms with Crippen LogP contribution in [0.3, 0.4) is 0 Å².